The Morgan fingerprint density at radius 1 is 1.57 bits per heavy atom. The maximum absolute atomic E-state index is 13.3. The molecule has 0 heterocycles. The topological polar surface area (TPSA) is 37.3 Å². The van der Waals surface area contributed by atoms with Crippen molar-refractivity contribution in [1.29, 1.82) is 0 Å². The van der Waals surface area contributed by atoms with Crippen LogP contribution in [-0.2, 0) is 16.5 Å². The Kier molecular flexibility index (Phi) is 3.63. The zero-order chi connectivity index (χ0) is 10.7. The van der Waals surface area contributed by atoms with Crippen LogP contribution in [0.3, 0.4) is 0 Å². The third-order valence-corrected chi connectivity index (χ3v) is 2.47. The molecule has 0 saturated carbocycles. The first-order valence-electron chi connectivity index (χ1n) is 4.10. The highest BCUT2D eigenvalue weighted by Crippen LogP contribution is 2.19. The molecule has 4 heteroatoms. The minimum atomic E-state index is -0.947. The summed E-state index contributed by atoms with van der Waals surface area (Å²) in [6.07, 6.45) is -0.139. The summed E-state index contributed by atoms with van der Waals surface area (Å²) in [5, 5.41) is 8.97. The number of aryl methyl sites for hydroxylation is 1. The van der Waals surface area contributed by atoms with Crippen LogP contribution in [0.15, 0.2) is 12.1 Å². The van der Waals surface area contributed by atoms with E-state index >= 15 is 0 Å². The monoisotopic (exact) mass is 260 g/mol. The average molecular weight is 261 g/mol. The number of carboxylic acid groups (broad SMARTS) is 1. The van der Waals surface area contributed by atoms with E-state index in [0.29, 0.717) is 16.5 Å². The predicted octanol–water partition coefficient (Wildman–Crippen LogP) is 2.66. The van der Waals surface area contributed by atoms with Crippen molar-refractivity contribution in [1.82, 2.24) is 0 Å². The summed E-state index contributed by atoms with van der Waals surface area (Å²) in [5.41, 5.74) is 1.70. The Bertz CT molecular complexity index is 363. The Hall–Kier alpha value is -0.900. The van der Waals surface area contributed by atoms with Gasteiger partial charge in [0.05, 0.1) is 6.42 Å². The van der Waals surface area contributed by atoms with Crippen molar-refractivity contribution in [2.45, 2.75) is 18.7 Å². The van der Waals surface area contributed by atoms with Crippen LogP contribution in [0.25, 0.3) is 0 Å². The van der Waals surface area contributed by atoms with Gasteiger partial charge in [-0.25, -0.2) is 4.39 Å². The van der Waals surface area contributed by atoms with Crippen LogP contribution in [0.2, 0.25) is 0 Å². The highest BCUT2D eigenvalue weighted by Gasteiger charge is 2.11. The first kappa shape index (κ1) is 11.2. The lowest BCUT2D eigenvalue weighted by Crippen LogP contribution is -2.05. The van der Waals surface area contributed by atoms with Gasteiger partial charge in [0, 0.05) is 10.9 Å². The zero-order valence-corrected chi connectivity index (χ0v) is 9.27. The van der Waals surface area contributed by atoms with Gasteiger partial charge in [0.1, 0.15) is 5.82 Å². The first-order valence-corrected chi connectivity index (χ1v) is 5.22. The van der Waals surface area contributed by atoms with Crippen molar-refractivity contribution in [3.63, 3.8) is 0 Å². The maximum Gasteiger partial charge on any atom is 0.307 e. The number of carbonyl (C=O) groups is 1. The Balaban J connectivity index is 3.17. The van der Waals surface area contributed by atoms with Gasteiger partial charge in [-0.3, -0.25) is 4.79 Å². The Labute approximate surface area is 89.9 Å². The molecule has 0 unspecified atom stereocenters. The maximum atomic E-state index is 13.3. The minimum absolute atomic E-state index is 0.139. The molecule has 0 atom stereocenters. The second-order valence-corrected chi connectivity index (χ2v) is 3.65. The van der Waals surface area contributed by atoms with E-state index in [1.807, 2.05) is 0 Å². The van der Waals surface area contributed by atoms with Crippen molar-refractivity contribution < 1.29 is 14.3 Å². The normalized spacial score (nSPS) is 10.2. The summed E-state index contributed by atoms with van der Waals surface area (Å²) < 4.78 is 13.3. The predicted molar refractivity (Wildman–Crippen MR) is 55.1 cm³/mol. The Morgan fingerprint density at radius 3 is 2.71 bits per heavy atom. The average Bonchev–Trinajstić information content (AvgIpc) is 2.01. The number of carboxylic acids is 1. The fourth-order valence-electron chi connectivity index (χ4n) is 1.31. The fourth-order valence-corrected chi connectivity index (χ4v) is 1.94. The quantitative estimate of drug-likeness (QED) is 0.849. The first-order chi connectivity index (χ1) is 6.54. The molecule has 0 bridgehead atoms. The molecule has 1 rings (SSSR count). The van der Waals surface area contributed by atoms with Crippen LogP contribution in [-0.4, -0.2) is 11.1 Å². The lowest BCUT2D eigenvalue weighted by molar-refractivity contribution is -0.136. The number of halogens is 2. The van der Waals surface area contributed by atoms with E-state index in [1.54, 1.807) is 13.0 Å². The molecular weight excluding hydrogens is 251 g/mol. The van der Waals surface area contributed by atoms with E-state index in [1.165, 1.54) is 6.07 Å². The van der Waals surface area contributed by atoms with Crippen LogP contribution >= 0.6 is 15.9 Å². The molecule has 1 aromatic carbocycles. The van der Waals surface area contributed by atoms with E-state index in [-0.39, 0.29) is 12.2 Å². The molecule has 0 radical (unpaired) electrons. The molecule has 0 fully saturated rings. The second-order valence-electron chi connectivity index (χ2n) is 3.09. The van der Waals surface area contributed by atoms with Crippen molar-refractivity contribution in [3.8, 4) is 0 Å². The fraction of sp³-hybridized carbons (Fsp3) is 0.300. The van der Waals surface area contributed by atoms with Gasteiger partial charge in [0.15, 0.2) is 0 Å². The van der Waals surface area contributed by atoms with Crippen LogP contribution in [0.4, 0.5) is 4.39 Å². The van der Waals surface area contributed by atoms with Gasteiger partial charge in [0.2, 0.25) is 0 Å². The lowest BCUT2D eigenvalue weighted by atomic mass is 10.0. The van der Waals surface area contributed by atoms with E-state index < -0.39 is 5.97 Å². The lowest BCUT2D eigenvalue weighted by Gasteiger charge is -2.07. The standard InChI is InChI=1S/C10H10BrFO2/c1-6-2-7(4-10(13)14)8(5-11)9(12)3-6/h2-3H,4-5H2,1H3,(H,13,14). The van der Waals surface area contributed by atoms with Gasteiger partial charge >= 0.3 is 5.97 Å². The number of rotatable bonds is 3. The molecule has 1 aromatic rings. The summed E-state index contributed by atoms with van der Waals surface area (Å²) in [6, 6.07) is 3.11. The van der Waals surface area contributed by atoms with Gasteiger partial charge in [0.25, 0.3) is 0 Å². The molecule has 0 spiro atoms. The summed E-state index contributed by atoms with van der Waals surface area (Å²) >= 11 is 3.14. The van der Waals surface area contributed by atoms with Crippen LogP contribution < -0.4 is 0 Å². The largest absolute Gasteiger partial charge is 0.481 e. The SMILES string of the molecule is Cc1cc(F)c(CBr)c(CC(=O)O)c1. The van der Waals surface area contributed by atoms with Crippen LogP contribution in [0.1, 0.15) is 16.7 Å². The number of alkyl halides is 1. The molecule has 0 aliphatic carbocycles. The van der Waals surface area contributed by atoms with Crippen molar-refractivity contribution in [2.24, 2.45) is 0 Å². The summed E-state index contributed by atoms with van der Waals surface area (Å²) in [4.78, 5) is 10.5. The van der Waals surface area contributed by atoms with Gasteiger partial charge < -0.3 is 5.11 Å². The molecule has 0 aromatic heterocycles. The molecule has 0 amide bonds. The van der Waals surface area contributed by atoms with E-state index in [2.05, 4.69) is 15.9 Å². The van der Waals surface area contributed by atoms with E-state index in [0.717, 1.165) is 5.56 Å². The van der Waals surface area contributed by atoms with Gasteiger partial charge in [-0.05, 0) is 24.1 Å². The molecular formula is C10H10BrFO2. The Morgan fingerprint density at radius 2 is 2.21 bits per heavy atom. The summed E-state index contributed by atoms with van der Waals surface area (Å²) in [6.45, 7) is 1.74. The second kappa shape index (κ2) is 4.55. The number of hydrogen-bond acceptors (Lipinski definition) is 1. The molecule has 0 saturated heterocycles. The molecule has 0 aliphatic rings. The highest BCUT2D eigenvalue weighted by atomic mass is 79.9. The summed E-state index contributed by atoms with van der Waals surface area (Å²) in [5.74, 6) is -1.30. The van der Waals surface area contributed by atoms with Gasteiger partial charge in [-0.2, -0.15) is 0 Å². The molecule has 14 heavy (non-hydrogen) atoms. The van der Waals surface area contributed by atoms with Crippen molar-refractivity contribution >= 4 is 21.9 Å². The highest BCUT2D eigenvalue weighted by molar-refractivity contribution is 9.08. The minimum Gasteiger partial charge on any atom is -0.481 e. The third-order valence-electron chi connectivity index (χ3n) is 1.91. The molecule has 2 nitrogen and oxygen atoms in total. The van der Waals surface area contributed by atoms with Gasteiger partial charge in [-0.15, -0.1) is 0 Å². The number of hydrogen-bond donors (Lipinski definition) is 1. The number of benzene rings is 1. The van der Waals surface area contributed by atoms with Crippen LogP contribution in [0.5, 0.6) is 0 Å². The van der Waals surface area contributed by atoms with E-state index in [4.69, 9.17) is 5.11 Å². The van der Waals surface area contributed by atoms with Crippen LogP contribution in [0, 0.1) is 12.7 Å². The zero-order valence-electron chi connectivity index (χ0n) is 7.68. The van der Waals surface area contributed by atoms with Crippen molar-refractivity contribution in [2.75, 3.05) is 0 Å². The van der Waals surface area contributed by atoms with E-state index in [9.17, 15) is 9.18 Å². The third kappa shape index (κ3) is 2.54. The van der Waals surface area contributed by atoms with Gasteiger partial charge in [-0.1, -0.05) is 22.0 Å². The summed E-state index contributed by atoms with van der Waals surface area (Å²) in [7, 11) is 0. The smallest absolute Gasteiger partial charge is 0.307 e. The van der Waals surface area contributed by atoms with Crippen molar-refractivity contribution in [3.05, 3.63) is 34.6 Å². The molecule has 76 valence electrons. The number of aliphatic carboxylic acids is 1. The molecule has 0 aliphatic heterocycles. The molecule has 1 N–H and O–H groups in total.